The number of anilines is 1. The van der Waals surface area contributed by atoms with Crippen molar-refractivity contribution in [1.29, 1.82) is 0 Å². The Bertz CT molecular complexity index is 753. The van der Waals surface area contributed by atoms with E-state index in [0.717, 1.165) is 22.9 Å². The van der Waals surface area contributed by atoms with Crippen LogP contribution in [0.5, 0.6) is 0 Å². The highest BCUT2D eigenvalue weighted by Gasteiger charge is 2.09. The molecule has 0 aromatic heterocycles. The van der Waals surface area contributed by atoms with E-state index in [4.69, 9.17) is 5.73 Å². The van der Waals surface area contributed by atoms with Crippen molar-refractivity contribution < 1.29 is 13.2 Å². The van der Waals surface area contributed by atoms with Crippen molar-refractivity contribution in [3.05, 3.63) is 54.1 Å². The number of rotatable bonds is 5. The molecule has 2 rings (SSSR count). The van der Waals surface area contributed by atoms with E-state index in [1.165, 1.54) is 0 Å². The number of nitrogens with one attached hydrogen (secondary N) is 1. The Balaban J connectivity index is 2.36. The van der Waals surface area contributed by atoms with E-state index in [1.54, 1.807) is 24.3 Å². The van der Waals surface area contributed by atoms with Crippen LogP contribution in [-0.2, 0) is 21.2 Å². The van der Waals surface area contributed by atoms with Crippen molar-refractivity contribution in [2.45, 2.75) is 6.42 Å². The molecule has 0 saturated heterocycles. The molecule has 1 amide bonds. The zero-order chi connectivity index (χ0) is 15.5. The van der Waals surface area contributed by atoms with E-state index in [-0.39, 0.29) is 12.3 Å². The van der Waals surface area contributed by atoms with Gasteiger partial charge < -0.3 is 5.73 Å². The molecular weight excluding hydrogens is 288 g/mol. The van der Waals surface area contributed by atoms with Gasteiger partial charge in [-0.2, -0.15) is 0 Å². The second-order valence-electron chi connectivity index (χ2n) is 4.76. The Labute approximate surface area is 123 Å². The second-order valence-corrected chi connectivity index (χ2v) is 6.51. The summed E-state index contributed by atoms with van der Waals surface area (Å²) in [5, 5.41) is 0. The van der Waals surface area contributed by atoms with Crippen LogP contribution in [0.15, 0.2) is 48.5 Å². The minimum atomic E-state index is -3.34. The summed E-state index contributed by atoms with van der Waals surface area (Å²) >= 11 is 0. The third-order valence-electron chi connectivity index (χ3n) is 2.87. The van der Waals surface area contributed by atoms with E-state index >= 15 is 0 Å². The number of para-hydroxylation sites is 1. The van der Waals surface area contributed by atoms with Gasteiger partial charge in [0.1, 0.15) is 0 Å². The number of primary amides is 1. The van der Waals surface area contributed by atoms with Gasteiger partial charge in [-0.05, 0) is 17.2 Å². The minimum Gasteiger partial charge on any atom is -0.369 e. The van der Waals surface area contributed by atoms with Crippen molar-refractivity contribution in [3.8, 4) is 11.1 Å². The third-order valence-corrected chi connectivity index (χ3v) is 3.46. The van der Waals surface area contributed by atoms with E-state index < -0.39 is 10.0 Å². The molecule has 0 heterocycles. The fourth-order valence-electron chi connectivity index (χ4n) is 2.03. The van der Waals surface area contributed by atoms with Gasteiger partial charge >= 0.3 is 0 Å². The second kappa shape index (κ2) is 5.97. The highest BCUT2D eigenvalue weighted by Crippen LogP contribution is 2.28. The Morgan fingerprint density at radius 1 is 1.10 bits per heavy atom. The number of nitrogens with two attached hydrogens (primary N) is 1. The van der Waals surface area contributed by atoms with Crippen LogP contribution in [-0.4, -0.2) is 20.6 Å². The lowest BCUT2D eigenvalue weighted by Gasteiger charge is -2.11. The highest BCUT2D eigenvalue weighted by atomic mass is 32.2. The molecule has 110 valence electrons. The van der Waals surface area contributed by atoms with Crippen LogP contribution >= 0.6 is 0 Å². The van der Waals surface area contributed by atoms with Crippen LogP contribution in [0.4, 0.5) is 5.69 Å². The molecule has 0 unspecified atom stereocenters. The number of hydrogen-bond acceptors (Lipinski definition) is 3. The summed E-state index contributed by atoms with van der Waals surface area (Å²) < 4.78 is 25.3. The molecule has 2 aromatic carbocycles. The normalized spacial score (nSPS) is 11.1. The summed E-state index contributed by atoms with van der Waals surface area (Å²) in [5.41, 5.74) is 8.12. The Morgan fingerprint density at radius 3 is 2.29 bits per heavy atom. The summed E-state index contributed by atoms with van der Waals surface area (Å²) in [5.74, 6) is -0.387. The van der Waals surface area contributed by atoms with Gasteiger partial charge in [0.25, 0.3) is 0 Å². The summed E-state index contributed by atoms with van der Waals surface area (Å²) in [6.45, 7) is 0. The van der Waals surface area contributed by atoms with Gasteiger partial charge in [0.15, 0.2) is 0 Å². The molecule has 0 bridgehead atoms. The average molecular weight is 304 g/mol. The monoisotopic (exact) mass is 304 g/mol. The first-order valence-electron chi connectivity index (χ1n) is 6.29. The standard InChI is InChI=1S/C15H16N2O3S/c1-21(19,20)17-14-5-3-2-4-13(14)12-8-6-11(7-9-12)10-15(16)18/h2-9,17H,10H2,1H3,(H2,16,18). The van der Waals surface area contributed by atoms with Crippen LogP contribution in [0.3, 0.4) is 0 Å². The van der Waals surface area contributed by atoms with E-state index in [1.807, 2.05) is 24.3 Å². The highest BCUT2D eigenvalue weighted by molar-refractivity contribution is 7.92. The predicted molar refractivity (Wildman–Crippen MR) is 83.2 cm³/mol. The first kappa shape index (κ1) is 15.1. The number of hydrogen-bond donors (Lipinski definition) is 2. The smallest absolute Gasteiger partial charge is 0.229 e. The zero-order valence-electron chi connectivity index (χ0n) is 11.5. The van der Waals surface area contributed by atoms with Crippen LogP contribution in [0.25, 0.3) is 11.1 Å². The molecule has 0 aliphatic carbocycles. The van der Waals surface area contributed by atoms with Gasteiger partial charge in [-0.3, -0.25) is 9.52 Å². The molecule has 6 heteroatoms. The maximum absolute atomic E-state index is 11.4. The summed E-state index contributed by atoms with van der Waals surface area (Å²) in [6.07, 6.45) is 1.29. The number of carbonyl (C=O) groups is 1. The summed E-state index contributed by atoms with van der Waals surface area (Å²) in [6, 6.07) is 14.4. The summed E-state index contributed by atoms with van der Waals surface area (Å²) in [7, 11) is -3.34. The largest absolute Gasteiger partial charge is 0.369 e. The van der Waals surface area contributed by atoms with E-state index in [9.17, 15) is 13.2 Å². The molecule has 0 atom stereocenters. The number of carbonyl (C=O) groups excluding carboxylic acids is 1. The van der Waals surface area contributed by atoms with Crippen molar-refractivity contribution in [2.24, 2.45) is 5.73 Å². The molecule has 0 aliphatic heterocycles. The van der Waals surface area contributed by atoms with Crippen LogP contribution in [0.2, 0.25) is 0 Å². The first-order valence-corrected chi connectivity index (χ1v) is 8.19. The lowest BCUT2D eigenvalue weighted by Crippen LogP contribution is -2.13. The van der Waals surface area contributed by atoms with Crippen molar-refractivity contribution >= 4 is 21.6 Å². The molecular formula is C15H16N2O3S. The maximum atomic E-state index is 11.4. The average Bonchev–Trinajstić information content (AvgIpc) is 2.38. The number of benzene rings is 2. The zero-order valence-corrected chi connectivity index (χ0v) is 12.4. The van der Waals surface area contributed by atoms with Gasteiger partial charge in [0, 0.05) is 5.56 Å². The number of amides is 1. The van der Waals surface area contributed by atoms with Gasteiger partial charge in [0.05, 0.1) is 18.4 Å². The van der Waals surface area contributed by atoms with Crippen LogP contribution < -0.4 is 10.5 Å². The predicted octanol–water partition coefficient (Wildman–Crippen LogP) is 1.75. The molecule has 21 heavy (non-hydrogen) atoms. The molecule has 2 aromatic rings. The SMILES string of the molecule is CS(=O)(=O)Nc1ccccc1-c1ccc(CC(N)=O)cc1. The molecule has 0 spiro atoms. The lowest BCUT2D eigenvalue weighted by molar-refractivity contribution is -0.117. The molecule has 0 radical (unpaired) electrons. The Hall–Kier alpha value is -2.34. The quantitative estimate of drug-likeness (QED) is 0.882. The van der Waals surface area contributed by atoms with Crippen molar-refractivity contribution in [1.82, 2.24) is 0 Å². The molecule has 0 fully saturated rings. The molecule has 3 N–H and O–H groups in total. The van der Waals surface area contributed by atoms with E-state index in [0.29, 0.717) is 5.69 Å². The fraction of sp³-hybridized carbons (Fsp3) is 0.133. The molecule has 5 nitrogen and oxygen atoms in total. The van der Waals surface area contributed by atoms with Gasteiger partial charge in [-0.1, -0.05) is 42.5 Å². The maximum Gasteiger partial charge on any atom is 0.229 e. The Kier molecular flexibility index (Phi) is 4.28. The van der Waals surface area contributed by atoms with Gasteiger partial charge in [-0.15, -0.1) is 0 Å². The lowest BCUT2D eigenvalue weighted by atomic mass is 10.0. The van der Waals surface area contributed by atoms with Crippen LogP contribution in [0.1, 0.15) is 5.56 Å². The number of sulfonamides is 1. The molecule has 0 aliphatic rings. The fourth-order valence-corrected chi connectivity index (χ4v) is 2.60. The summed E-state index contributed by atoms with van der Waals surface area (Å²) in [4.78, 5) is 10.9. The topological polar surface area (TPSA) is 89.3 Å². The van der Waals surface area contributed by atoms with E-state index in [2.05, 4.69) is 4.72 Å². The third kappa shape index (κ3) is 4.32. The van der Waals surface area contributed by atoms with Crippen LogP contribution in [0, 0.1) is 0 Å². The minimum absolute atomic E-state index is 0.184. The van der Waals surface area contributed by atoms with Gasteiger partial charge in [-0.25, -0.2) is 8.42 Å². The van der Waals surface area contributed by atoms with Crippen molar-refractivity contribution in [3.63, 3.8) is 0 Å². The molecule has 0 saturated carbocycles. The van der Waals surface area contributed by atoms with Gasteiger partial charge in [0.2, 0.25) is 15.9 Å². The Morgan fingerprint density at radius 2 is 1.71 bits per heavy atom. The first-order chi connectivity index (χ1) is 9.85. The van der Waals surface area contributed by atoms with Crippen molar-refractivity contribution in [2.75, 3.05) is 11.0 Å².